The molecule has 1 unspecified atom stereocenters. The molecule has 92 valence electrons. The maximum atomic E-state index is 11.2. The van der Waals surface area contributed by atoms with Crippen LogP contribution in [0.15, 0.2) is 23.0 Å². The number of aromatic amines is 2. The van der Waals surface area contributed by atoms with E-state index in [-0.39, 0.29) is 12.3 Å². The van der Waals surface area contributed by atoms with Crippen molar-refractivity contribution in [2.75, 3.05) is 20.2 Å². The zero-order valence-electron chi connectivity index (χ0n) is 9.49. The summed E-state index contributed by atoms with van der Waals surface area (Å²) in [5, 5.41) is 12.4. The number of benzene rings is 1. The number of nitrogens with one attached hydrogen (secondary N) is 3. The van der Waals surface area contributed by atoms with Crippen molar-refractivity contribution in [3.05, 3.63) is 28.7 Å². The van der Waals surface area contributed by atoms with Crippen LogP contribution in [0.5, 0.6) is 5.75 Å². The maximum Gasteiger partial charge on any atom is 0.323 e. The van der Waals surface area contributed by atoms with Crippen LogP contribution < -0.4 is 15.7 Å². The molecule has 0 radical (unpaired) electrons. The van der Waals surface area contributed by atoms with Crippen molar-refractivity contribution >= 4 is 11.0 Å². The van der Waals surface area contributed by atoms with E-state index < -0.39 is 6.10 Å². The molecule has 4 N–H and O–H groups in total. The van der Waals surface area contributed by atoms with E-state index in [4.69, 9.17) is 4.74 Å². The van der Waals surface area contributed by atoms with Crippen molar-refractivity contribution in [3.63, 3.8) is 0 Å². The monoisotopic (exact) mass is 237 g/mol. The van der Waals surface area contributed by atoms with Gasteiger partial charge in [-0.15, -0.1) is 0 Å². The summed E-state index contributed by atoms with van der Waals surface area (Å²) in [6, 6.07) is 5.31. The van der Waals surface area contributed by atoms with Crippen LogP contribution in [-0.2, 0) is 0 Å². The summed E-state index contributed by atoms with van der Waals surface area (Å²) in [5.74, 6) is 0.552. The molecule has 0 amide bonds. The first-order valence-corrected chi connectivity index (χ1v) is 5.37. The minimum absolute atomic E-state index is 0.174. The van der Waals surface area contributed by atoms with Gasteiger partial charge >= 0.3 is 5.69 Å². The fourth-order valence-corrected chi connectivity index (χ4v) is 1.63. The third-order valence-corrected chi connectivity index (χ3v) is 2.38. The summed E-state index contributed by atoms with van der Waals surface area (Å²) < 4.78 is 5.47. The van der Waals surface area contributed by atoms with E-state index in [9.17, 15) is 9.90 Å². The molecule has 0 spiro atoms. The van der Waals surface area contributed by atoms with Gasteiger partial charge in [0.05, 0.1) is 5.52 Å². The first-order chi connectivity index (χ1) is 8.20. The van der Waals surface area contributed by atoms with Crippen molar-refractivity contribution < 1.29 is 9.84 Å². The molecule has 1 heterocycles. The fraction of sp³-hybridized carbons (Fsp3) is 0.364. The SMILES string of the molecule is CNCC(O)COc1cccc2[nH]c(=O)[nH]c12. The van der Waals surface area contributed by atoms with Gasteiger partial charge in [-0.1, -0.05) is 6.07 Å². The number of imidazole rings is 1. The van der Waals surface area contributed by atoms with Crippen LogP contribution in [0.25, 0.3) is 11.0 Å². The minimum atomic E-state index is -0.582. The molecule has 0 aliphatic carbocycles. The number of ether oxygens (including phenoxy) is 1. The van der Waals surface area contributed by atoms with Gasteiger partial charge in [0.15, 0.2) is 0 Å². The molecule has 0 saturated heterocycles. The van der Waals surface area contributed by atoms with Gasteiger partial charge < -0.3 is 25.1 Å². The Bertz CT molecular complexity index is 546. The van der Waals surface area contributed by atoms with E-state index in [1.165, 1.54) is 0 Å². The molecule has 2 aromatic rings. The molecule has 17 heavy (non-hydrogen) atoms. The number of aromatic nitrogens is 2. The Morgan fingerprint density at radius 1 is 1.47 bits per heavy atom. The average Bonchev–Trinajstić information content (AvgIpc) is 2.67. The predicted molar refractivity (Wildman–Crippen MR) is 64.3 cm³/mol. The molecule has 6 nitrogen and oxygen atoms in total. The summed E-state index contributed by atoms with van der Waals surface area (Å²) in [4.78, 5) is 16.5. The molecular formula is C11H15N3O3. The van der Waals surface area contributed by atoms with E-state index in [1.807, 2.05) is 0 Å². The number of aliphatic hydroxyl groups excluding tert-OH is 1. The van der Waals surface area contributed by atoms with Gasteiger partial charge in [0.2, 0.25) is 0 Å². The molecule has 1 atom stereocenters. The zero-order valence-corrected chi connectivity index (χ0v) is 9.49. The molecule has 2 rings (SSSR count). The van der Waals surface area contributed by atoms with E-state index in [0.29, 0.717) is 23.3 Å². The summed E-state index contributed by atoms with van der Waals surface area (Å²) in [6.45, 7) is 0.632. The lowest BCUT2D eigenvalue weighted by Crippen LogP contribution is -2.29. The molecule has 0 aliphatic heterocycles. The summed E-state index contributed by atoms with van der Waals surface area (Å²) >= 11 is 0. The molecule has 1 aromatic heterocycles. The molecule has 1 aromatic carbocycles. The number of hydrogen-bond donors (Lipinski definition) is 4. The molecule has 0 fully saturated rings. The van der Waals surface area contributed by atoms with Crippen molar-refractivity contribution in [1.82, 2.24) is 15.3 Å². The third-order valence-electron chi connectivity index (χ3n) is 2.38. The molecule has 0 bridgehead atoms. The number of hydrogen-bond acceptors (Lipinski definition) is 4. The lowest BCUT2D eigenvalue weighted by Gasteiger charge is -2.11. The van der Waals surface area contributed by atoms with Gasteiger partial charge in [-0.25, -0.2) is 4.79 Å². The molecule has 0 saturated carbocycles. The van der Waals surface area contributed by atoms with E-state index in [2.05, 4.69) is 15.3 Å². The number of fused-ring (bicyclic) bond motifs is 1. The van der Waals surface area contributed by atoms with Gasteiger partial charge in [0, 0.05) is 6.54 Å². The number of likely N-dealkylation sites (N-methyl/N-ethyl adjacent to an activating group) is 1. The summed E-state index contributed by atoms with van der Waals surface area (Å²) in [6.07, 6.45) is -0.582. The number of para-hydroxylation sites is 1. The average molecular weight is 237 g/mol. The Hall–Kier alpha value is -1.79. The van der Waals surface area contributed by atoms with Crippen LogP contribution in [0.4, 0.5) is 0 Å². The Labute approximate surface area is 97.6 Å². The van der Waals surface area contributed by atoms with Crippen LogP contribution in [0.3, 0.4) is 0 Å². The summed E-state index contributed by atoms with van der Waals surface area (Å²) in [7, 11) is 1.76. The lowest BCUT2D eigenvalue weighted by molar-refractivity contribution is 0.109. The van der Waals surface area contributed by atoms with Gasteiger partial charge in [-0.2, -0.15) is 0 Å². The standard InChI is InChI=1S/C11H15N3O3/c1-12-5-7(15)6-17-9-4-2-3-8-10(9)14-11(16)13-8/h2-4,7,12,15H,5-6H2,1H3,(H2,13,14,16). The normalized spacial score (nSPS) is 12.8. The number of rotatable bonds is 5. The first kappa shape index (κ1) is 11.7. The van der Waals surface area contributed by atoms with E-state index in [1.54, 1.807) is 25.2 Å². The lowest BCUT2D eigenvalue weighted by atomic mass is 10.3. The van der Waals surface area contributed by atoms with Crippen LogP contribution >= 0.6 is 0 Å². The second kappa shape index (κ2) is 5.03. The number of H-pyrrole nitrogens is 2. The second-order valence-corrected chi connectivity index (χ2v) is 3.78. The quantitative estimate of drug-likeness (QED) is 0.580. The van der Waals surface area contributed by atoms with Gasteiger partial charge in [-0.05, 0) is 19.2 Å². The van der Waals surface area contributed by atoms with Crippen LogP contribution in [0, 0.1) is 0 Å². The Morgan fingerprint density at radius 2 is 2.29 bits per heavy atom. The fourth-order valence-electron chi connectivity index (χ4n) is 1.63. The zero-order chi connectivity index (χ0) is 12.3. The molecule has 0 aliphatic rings. The Kier molecular flexibility index (Phi) is 3.46. The van der Waals surface area contributed by atoms with Crippen LogP contribution in [0.2, 0.25) is 0 Å². The van der Waals surface area contributed by atoms with Gasteiger partial charge in [0.25, 0.3) is 0 Å². The topological polar surface area (TPSA) is 90.1 Å². The smallest absolute Gasteiger partial charge is 0.323 e. The Balaban J connectivity index is 2.15. The second-order valence-electron chi connectivity index (χ2n) is 3.78. The molecule has 6 heteroatoms. The number of aliphatic hydroxyl groups is 1. The van der Waals surface area contributed by atoms with Crippen molar-refractivity contribution in [2.24, 2.45) is 0 Å². The van der Waals surface area contributed by atoms with Gasteiger partial charge in [-0.3, -0.25) is 0 Å². The largest absolute Gasteiger partial charge is 0.489 e. The van der Waals surface area contributed by atoms with Gasteiger partial charge in [0.1, 0.15) is 24.0 Å². The van der Waals surface area contributed by atoms with Crippen LogP contribution in [0.1, 0.15) is 0 Å². The predicted octanol–water partition coefficient (Wildman–Crippen LogP) is -0.185. The Morgan fingerprint density at radius 3 is 3.06 bits per heavy atom. The minimum Gasteiger partial charge on any atom is -0.489 e. The van der Waals surface area contributed by atoms with E-state index in [0.717, 1.165) is 0 Å². The highest BCUT2D eigenvalue weighted by molar-refractivity contribution is 5.80. The highest BCUT2D eigenvalue weighted by atomic mass is 16.5. The molecular weight excluding hydrogens is 222 g/mol. The van der Waals surface area contributed by atoms with Crippen molar-refractivity contribution in [2.45, 2.75) is 6.10 Å². The third kappa shape index (κ3) is 2.66. The van der Waals surface area contributed by atoms with E-state index >= 15 is 0 Å². The first-order valence-electron chi connectivity index (χ1n) is 5.37. The van der Waals surface area contributed by atoms with Crippen molar-refractivity contribution in [3.8, 4) is 5.75 Å². The highest BCUT2D eigenvalue weighted by Crippen LogP contribution is 2.20. The van der Waals surface area contributed by atoms with Crippen LogP contribution in [-0.4, -0.2) is 41.4 Å². The van der Waals surface area contributed by atoms with Crippen molar-refractivity contribution in [1.29, 1.82) is 0 Å². The summed E-state index contributed by atoms with van der Waals surface area (Å²) in [5.41, 5.74) is 1.04. The highest BCUT2D eigenvalue weighted by Gasteiger charge is 2.08. The maximum absolute atomic E-state index is 11.2.